The molecular formula is C16H18F2O5. The van der Waals surface area contributed by atoms with Crippen LogP contribution in [0.4, 0.5) is 8.78 Å². The maximum Gasteiger partial charge on any atom is 0.379 e. The highest BCUT2D eigenvalue weighted by Crippen LogP contribution is 2.26. The molecule has 0 unspecified atom stereocenters. The molecule has 1 saturated heterocycles. The van der Waals surface area contributed by atoms with Gasteiger partial charge in [0.25, 0.3) is 5.78 Å². The molecule has 0 aromatic heterocycles. The molecule has 0 bridgehead atoms. The first-order valence-electron chi connectivity index (χ1n) is 7.34. The first kappa shape index (κ1) is 17.5. The molecule has 1 heterocycles. The standard InChI is InChI=1S/C16H18F2O5/c1-3-21-15(20)14(19)11-5-4-10(12(17)13(11)18)6-7-16(2)22-8-9-23-16/h4-5H,3,6-9H2,1-2H3. The van der Waals surface area contributed by atoms with Gasteiger partial charge in [-0.05, 0) is 31.9 Å². The van der Waals surface area contributed by atoms with Gasteiger partial charge in [-0.2, -0.15) is 0 Å². The highest BCUT2D eigenvalue weighted by molar-refractivity contribution is 6.40. The average Bonchev–Trinajstić information content (AvgIpc) is 2.95. The van der Waals surface area contributed by atoms with Crippen LogP contribution in [0.3, 0.4) is 0 Å². The molecule has 126 valence electrons. The van der Waals surface area contributed by atoms with E-state index in [1.54, 1.807) is 6.92 Å². The van der Waals surface area contributed by atoms with Gasteiger partial charge in [-0.25, -0.2) is 13.6 Å². The van der Waals surface area contributed by atoms with Crippen molar-refractivity contribution in [1.29, 1.82) is 0 Å². The Labute approximate surface area is 132 Å². The normalized spacial score (nSPS) is 16.3. The number of ketones is 1. The van der Waals surface area contributed by atoms with E-state index in [1.165, 1.54) is 13.0 Å². The third-order valence-corrected chi connectivity index (χ3v) is 3.61. The topological polar surface area (TPSA) is 61.8 Å². The Morgan fingerprint density at radius 2 is 1.87 bits per heavy atom. The van der Waals surface area contributed by atoms with Crippen molar-refractivity contribution in [1.82, 2.24) is 0 Å². The number of carbonyl (C=O) groups excluding carboxylic acids is 2. The van der Waals surface area contributed by atoms with Gasteiger partial charge in [0.15, 0.2) is 17.4 Å². The zero-order valence-electron chi connectivity index (χ0n) is 13.0. The summed E-state index contributed by atoms with van der Waals surface area (Å²) in [6, 6.07) is 2.37. The molecule has 7 heteroatoms. The van der Waals surface area contributed by atoms with Crippen molar-refractivity contribution >= 4 is 11.8 Å². The number of benzene rings is 1. The van der Waals surface area contributed by atoms with E-state index in [4.69, 9.17) is 9.47 Å². The molecule has 1 fully saturated rings. The quantitative estimate of drug-likeness (QED) is 0.456. The Morgan fingerprint density at radius 3 is 2.48 bits per heavy atom. The zero-order chi connectivity index (χ0) is 17.0. The van der Waals surface area contributed by atoms with E-state index < -0.39 is 34.7 Å². The Balaban J connectivity index is 2.14. The van der Waals surface area contributed by atoms with Gasteiger partial charge in [0, 0.05) is 6.42 Å². The van der Waals surface area contributed by atoms with Crippen LogP contribution in [0.1, 0.15) is 36.2 Å². The van der Waals surface area contributed by atoms with Gasteiger partial charge in [-0.1, -0.05) is 6.07 Å². The van der Waals surface area contributed by atoms with Crippen LogP contribution >= 0.6 is 0 Å². The predicted octanol–water partition coefficient (Wildman–Crippen LogP) is 2.41. The van der Waals surface area contributed by atoms with E-state index in [0.717, 1.165) is 6.07 Å². The average molecular weight is 328 g/mol. The van der Waals surface area contributed by atoms with Crippen LogP contribution in [-0.4, -0.2) is 37.4 Å². The second-order valence-electron chi connectivity index (χ2n) is 5.28. The summed E-state index contributed by atoms with van der Waals surface area (Å²) in [4.78, 5) is 23.1. The number of rotatable bonds is 6. The van der Waals surface area contributed by atoms with Gasteiger partial charge in [0.2, 0.25) is 0 Å². The van der Waals surface area contributed by atoms with Gasteiger partial charge in [-0.15, -0.1) is 0 Å². The molecule has 0 amide bonds. The second kappa shape index (κ2) is 7.14. The molecule has 1 aliphatic heterocycles. The number of ether oxygens (including phenoxy) is 3. The van der Waals surface area contributed by atoms with E-state index in [0.29, 0.717) is 19.6 Å². The number of esters is 1. The van der Waals surface area contributed by atoms with E-state index in [2.05, 4.69) is 4.74 Å². The molecule has 5 nitrogen and oxygen atoms in total. The van der Waals surface area contributed by atoms with Gasteiger partial charge in [0.1, 0.15) is 0 Å². The van der Waals surface area contributed by atoms with Crippen molar-refractivity contribution in [3.05, 3.63) is 34.9 Å². The molecule has 0 aliphatic carbocycles. The van der Waals surface area contributed by atoms with Crippen LogP contribution in [0, 0.1) is 11.6 Å². The molecule has 0 spiro atoms. The molecule has 23 heavy (non-hydrogen) atoms. The highest BCUT2D eigenvalue weighted by atomic mass is 19.2. The Hall–Kier alpha value is -1.86. The SMILES string of the molecule is CCOC(=O)C(=O)c1ccc(CCC2(C)OCCO2)c(F)c1F. The molecule has 1 aromatic carbocycles. The molecule has 1 aliphatic rings. The van der Waals surface area contributed by atoms with Gasteiger partial charge < -0.3 is 14.2 Å². The molecular weight excluding hydrogens is 310 g/mol. The lowest BCUT2D eigenvalue weighted by Gasteiger charge is -2.22. The van der Waals surface area contributed by atoms with E-state index in [-0.39, 0.29) is 18.6 Å². The van der Waals surface area contributed by atoms with E-state index in [1.807, 2.05) is 0 Å². The molecule has 1 aromatic rings. The predicted molar refractivity (Wildman–Crippen MR) is 76.0 cm³/mol. The van der Waals surface area contributed by atoms with Crippen LogP contribution in [0.15, 0.2) is 12.1 Å². The molecule has 0 radical (unpaired) electrons. The van der Waals surface area contributed by atoms with E-state index in [9.17, 15) is 18.4 Å². The van der Waals surface area contributed by atoms with Gasteiger partial charge >= 0.3 is 5.97 Å². The third-order valence-electron chi connectivity index (χ3n) is 3.61. The van der Waals surface area contributed by atoms with Crippen LogP contribution in [0.2, 0.25) is 0 Å². The highest BCUT2D eigenvalue weighted by Gasteiger charge is 2.31. The summed E-state index contributed by atoms with van der Waals surface area (Å²) in [6.45, 7) is 4.14. The number of halogens is 2. The van der Waals surface area contributed by atoms with Crippen molar-refractivity contribution in [2.75, 3.05) is 19.8 Å². The van der Waals surface area contributed by atoms with Crippen LogP contribution < -0.4 is 0 Å². The van der Waals surface area contributed by atoms with Crippen molar-refractivity contribution in [3.8, 4) is 0 Å². The lowest BCUT2D eigenvalue weighted by Crippen LogP contribution is -2.26. The summed E-state index contributed by atoms with van der Waals surface area (Å²) < 4.78 is 43.5. The number of aryl methyl sites for hydroxylation is 1. The van der Waals surface area contributed by atoms with E-state index >= 15 is 0 Å². The summed E-state index contributed by atoms with van der Waals surface area (Å²) in [5.41, 5.74) is -0.549. The fraction of sp³-hybridized carbons (Fsp3) is 0.500. The minimum Gasteiger partial charge on any atom is -0.460 e. The minimum absolute atomic E-state index is 0.0225. The molecule has 2 rings (SSSR count). The number of carbonyl (C=O) groups is 2. The summed E-state index contributed by atoms with van der Waals surface area (Å²) in [5, 5.41) is 0. The lowest BCUT2D eigenvalue weighted by atomic mass is 10.0. The Bertz CT molecular complexity index is 609. The monoisotopic (exact) mass is 328 g/mol. The van der Waals surface area contributed by atoms with Gasteiger partial charge in [-0.3, -0.25) is 4.79 Å². The largest absolute Gasteiger partial charge is 0.460 e. The van der Waals surface area contributed by atoms with Crippen LogP contribution in [0.25, 0.3) is 0 Å². The third kappa shape index (κ3) is 3.92. The Morgan fingerprint density at radius 1 is 1.22 bits per heavy atom. The van der Waals surface area contributed by atoms with Crippen molar-refractivity contribution in [2.24, 2.45) is 0 Å². The number of hydrogen-bond acceptors (Lipinski definition) is 5. The second-order valence-corrected chi connectivity index (χ2v) is 5.28. The number of Topliss-reactive ketones (excluding diaryl/α,β-unsaturated/α-hetero) is 1. The van der Waals surface area contributed by atoms with Crippen LogP contribution in [-0.2, 0) is 25.4 Å². The fourth-order valence-electron chi connectivity index (χ4n) is 2.33. The summed E-state index contributed by atoms with van der Waals surface area (Å²) >= 11 is 0. The van der Waals surface area contributed by atoms with Crippen molar-refractivity contribution in [3.63, 3.8) is 0 Å². The summed E-state index contributed by atoms with van der Waals surface area (Å²) in [5.74, 6) is -5.73. The Kier molecular flexibility index (Phi) is 5.43. The smallest absolute Gasteiger partial charge is 0.379 e. The fourth-order valence-corrected chi connectivity index (χ4v) is 2.33. The number of hydrogen-bond donors (Lipinski definition) is 0. The maximum absolute atomic E-state index is 14.1. The lowest BCUT2D eigenvalue weighted by molar-refractivity contribution is -0.146. The molecule has 0 atom stereocenters. The van der Waals surface area contributed by atoms with Gasteiger partial charge in [0.05, 0.1) is 25.4 Å². The van der Waals surface area contributed by atoms with Crippen molar-refractivity contribution < 1.29 is 32.6 Å². The first-order valence-corrected chi connectivity index (χ1v) is 7.34. The first-order chi connectivity index (χ1) is 10.9. The maximum atomic E-state index is 14.1. The molecule has 0 saturated carbocycles. The molecule has 0 N–H and O–H groups in total. The summed E-state index contributed by atoms with van der Waals surface area (Å²) in [6.07, 6.45) is 0.516. The zero-order valence-corrected chi connectivity index (χ0v) is 13.0. The summed E-state index contributed by atoms with van der Waals surface area (Å²) in [7, 11) is 0. The minimum atomic E-state index is -1.35. The van der Waals surface area contributed by atoms with Crippen molar-refractivity contribution in [2.45, 2.75) is 32.5 Å². The van der Waals surface area contributed by atoms with Crippen LogP contribution in [0.5, 0.6) is 0 Å².